The second kappa shape index (κ2) is 20.3. The number of nitrogens with one attached hydrogen (secondary N) is 2. The molecule has 2 nitrogen and oxygen atoms in total. The Kier molecular flexibility index (Phi) is 23.3. The van der Waals surface area contributed by atoms with Crippen LogP contribution in [0.25, 0.3) is 0 Å². The Balaban J connectivity index is 0. The van der Waals surface area contributed by atoms with Gasteiger partial charge in [-0.3, -0.25) is 0 Å². The zero-order valence-corrected chi connectivity index (χ0v) is 12.1. The molecule has 2 aliphatic rings. The molecule has 0 aromatic carbocycles. The number of rotatable bonds is 0. The highest BCUT2D eigenvalue weighted by Gasteiger charge is 1.94. The Labute approximate surface area is 104 Å². The van der Waals surface area contributed by atoms with E-state index in [0.717, 1.165) is 0 Å². The summed E-state index contributed by atoms with van der Waals surface area (Å²) in [6, 6.07) is 0. The molecule has 0 bridgehead atoms. The van der Waals surface area contributed by atoms with Crippen molar-refractivity contribution in [3.8, 4) is 0 Å². The maximum atomic E-state index is 3.28. The van der Waals surface area contributed by atoms with Gasteiger partial charge in [0.15, 0.2) is 0 Å². The Bertz CT molecular complexity index is 51.7. The van der Waals surface area contributed by atoms with Crippen molar-refractivity contribution in [2.24, 2.45) is 0 Å². The van der Waals surface area contributed by atoms with Crippen molar-refractivity contribution >= 4 is 0 Å². The van der Waals surface area contributed by atoms with Crippen molar-refractivity contribution < 1.29 is 0 Å². The van der Waals surface area contributed by atoms with Crippen molar-refractivity contribution in [2.45, 2.75) is 66.2 Å². The standard InChI is InChI=1S/2C5H11N.2C2H6/c2*1-2-4-6-5-3-1;2*1-2/h2*6H,1-5H2;2*1-2H3. The molecule has 2 rings (SSSR count). The SMILES string of the molecule is C1CCNCC1.C1CCNCC1.CC.CC. The molecule has 0 unspecified atom stereocenters. The molecule has 0 aromatic rings. The van der Waals surface area contributed by atoms with E-state index in [2.05, 4.69) is 10.6 Å². The minimum absolute atomic E-state index is 1.25. The predicted molar refractivity (Wildman–Crippen MR) is 76.1 cm³/mol. The van der Waals surface area contributed by atoms with Crippen molar-refractivity contribution in [2.75, 3.05) is 26.2 Å². The van der Waals surface area contributed by atoms with Gasteiger partial charge in [0, 0.05) is 0 Å². The molecule has 0 amide bonds. The van der Waals surface area contributed by atoms with E-state index in [4.69, 9.17) is 0 Å². The first-order valence-electron chi connectivity index (χ1n) is 7.41. The summed E-state index contributed by atoms with van der Waals surface area (Å²) in [5.41, 5.74) is 0. The molecule has 0 aliphatic carbocycles. The Morgan fingerprint density at radius 3 is 0.750 bits per heavy atom. The second-order valence-corrected chi connectivity index (χ2v) is 3.62. The molecular weight excluding hydrogens is 196 g/mol. The van der Waals surface area contributed by atoms with Crippen molar-refractivity contribution in [3.63, 3.8) is 0 Å². The fourth-order valence-electron chi connectivity index (χ4n) is 1.60. The van der Waals surface area contributed by atoms with Gasteiger partial charge in [-0.2, -0.15) is 0 Å². The normalized spacial score (nSPS) is 18.8. The molecule has 0 radical (unpaired) electrons. The van der Waals surface area contributed by atoms with E-state index in [1.165, 1.54) is 64.7 Å². The van der Waals surface area contributed by atoms with E-state index >= 15 is 0 Å². The smallest absolute Gasteiger partial charge is 0.00489 e. The summed E-state index contributed by atoms with van der Waals surface area (Å²) in [5, 5.41) is 6.57. The molecular formula is C14H34N2. The lowest BCUT2D eigenvalue weighted by molar-refractivity contribution is 0.520. The van der Waals surface area contributed by atoms with Gasteiger partial charge < -0.3 is 10.6 Å². The third-order valence-corrected chi connectivity index (χ3v) is 2.41. The molecule has 100 valence electrons. The van der Waals surface area contributed by atoms with Crippen LogP contribution >= 0.6 is 0 Å². The summed E-state index contributed by atoms with van der Waals surface area (Å²) in [4.78, 5) is 0. The first-order chi connectivity index (χ1) is 8.00. The molecule has 16 heavy (non-hydrogen) atoms. The number of piperidine rings is 2. The molecule has 0 atom stereocenters. The van der Waals surface area contributed by atoms with Crippen LogP contribution in [-0.2, 0) is 0 Å². The maximum absolute atomic E-state index is 3.28. The van der Waals surface area contributed by atoms with Gasteiger partial charge in [-0.15, -0.1) is 0 Å². The van der Waals surface area contributed by atoms with Gasteiger partial charge in [-0.1, -0.05) is 40.5 Å². The van der Waals surface area contributed by atoms with Crippen LogP contribution in [0.2, 0.25) is 0 Å². The van der Waals surface area contributed by atoms with Gasteiger partial charge in [0.2, 0.25) is 0 Å². The summed E-state index contributed by atoms with van der Waals surface area (Å²) < 4.78 is 0. The highest BCUT2D eigenvalue weighted by molar-refractivity contribution is 4.55. The summed E-state index contributed by atoms with van der Waals surface area (Å²) in [6.45, 7) is 13.0. The Hall–Kier alpha value is -0.0800. The van der Waals surface area contributed by atoms with Crippen LogP contribution < -0.4 is 10.6 Å². The summed E-state index contributed by atoms with van der Waals surface area (Å²) in [7, 11) is 0. The predicted octanol–water partition coefficient (Wildman–Crippen LogP) is 3.57. The second-order valence-electron chi connectivity index (χ2n) is 3.62. The van der Waals surface area contributed by atoms with Gasteiger partial charge in [0.25, 0.3) is 0 Å². The van der Waals surface area contributed by atoms with Crippen LogP contribution in [-0.4, -0.2) is 26.2 Å². The molecule has 2 heterocycles. The lowest BCUT2D eigenvalue weighted by Gasteiger charge is -2.08. The van der Waals surface area contributed by atoms with E-state index < -0.39 is 0 Å². The average Bonchev–Trinajstić information content (AvgIpc) is 2.48. The Morgan fingerprint density at radius 2 is 0.688 bits per heavy atom. The number of hydrogen-bond donors (Lipinski definition) is 2. The fourth-order valence-corrected chi connectivity index (χ4v) is 1.60. The van der Waals surface area contributed by atoms with Crippen LogP contribution in [0.3, 0.4) is 0 Å². The van der Waals surface area contributed by atoms with E-state index in [0.29, 0.717) is 0 Å². The van der Waals surface area contributed by atoms with Gasteiger partial charge >= 0.3 is 0 Å². The third-order valence-electron chi connectivity index (χ3n) is 2.41. The molecule has 2 heteroatoms. The molecule has 0 spiro atoms. The summed E-state index contributed by atoms with van der Waals surface area (Å²) >= 11 is 0. The van der Waals surface area contributed by atoms with E-state index in [1.807, 2.05) is 27.7 Å². The maximum Gasteiger partial charge on any atom is -0.00489 e. The first-order valence-corrected chi connectivity index (χ1v) is 7.41. The van der Waals surface area contributed by atoms with Gasteiger partial charge in [-0.25, -0.2) is 0 Å². The van der Waals surface area contributed by atoms with Gasteiger partial charge in [0.05, 0.1) is 0 Å². The van der Waals surface area contributed by atoms with Crippen LogP contribution in [0.4, 0.5) is 0 Å². The average molecular weight is 230 g/mol. The van der Waals surface area contributed by atoms with Crippen LogP contribution in [0.15, 0.2) is 0 Å². The molecule has 2 N–H and O–H groups in total. The number of hydrogen-bond acceptors (Lipinski definition) is 2. The van der Waals surface area contributed by atoms with Gasteiger partial charge in [0.1, 0.15) is 0 Å². The van der Waals surface area contributed by atoms with Crippen molar-refractivity contribution in [1.29, 1.82) is 0 Å². The fraction of sp³-hybridized carbons (Fsp3) is 1.00. The third kappa shape index (κ3) is 16.4. The molecule has 0 aromatic heterocycles. The van der Waals surface area contributed by atoms with Crippen LogP contribution in [0.5, 0.6) is 0 Å². The Morgan fingerprint density at radius 1 is 0.438 bits per heavy atom. The quantitative estimate of drug-likeness (QED) is 0.665. The minimum Gasteiger partial charge on any atom is -0.317 e. The minimum atomic E-state index is 1.25. The monoisotopic (exact) mass is 230 g/mol. The van der Waals surface area contributed by atoms with E-state index in [1.54, 1.807) is 0 Å². The molecule has 2 saturated heterocycles. The molecule has 2 aliphatic heterocycles. The molecule has 2 fully saturated rings. The van der Waals surface area contributed by atoms with Crippen LogP contribution in [0.1, 0.15) is 66.2 Å². The first kappa shape index (κ1) is 18.3. The topological polar surface area (TPSA) is 24.1 Å². The molecule has 0 saturated carbocycles. The van der Waals surface area contributed by atoms with Gasteiger partial charge in [-0.05, 0) is 51.9 Å². The summed E-state index contributed by atoms with van der Waals surface area (Å²) in [5.74, 6) is 0. The zero-order valence-electron chi connectivity index (χ0n) is 12.1. The zero-order chi connectivity index (χ0) is 12.5. The van der Waals surface area contributed by atoms with E-state index in [-0.39, 0.29) is 0 Å². The van der Waals surface area contributed by atoms with Crippen molar-refractivity contribution in [1.82, 2.24) is 10.6 Å². The van der Waals surface area contributed by atoms with Crippen molar-refractivity contribution in [3.05, 3.63) is 0 Å². The van der Waals surface area contributed by atoms with E-state index in [9.17, 15) is 0 Å². The summed E-state index contributed by atoms with van der Waals surface area (Å²) in [6.07, 6.45) is 8.43. The highest BCUT2D eigenvalue weighted by atomic mass is 14.9. The highest BCUT2D eigenvalue weighted by Crippen LogP contribution is 1.97. The lowest BCUT2D eigenvalue weighted by Crippen LogP contribution is -2.21. The largest absolute Gasteiger partial charge is 0.317 e. The van der Waals surface area contributed by atoms with Crippen LogP contribution in [0, 0.1) is 0 Å². The lowest BCUT2D eigenvalue weighted by atomic mass is 10.2.